The fourth-order valence-corrected chi connectivity index (χ4v) is 2.71. The molecular formula is C18H20FN3. The lowest BCUT2D eigenvalue weighted by molar-refractivity contribution is 0.292. The zero-order valence-corrected chi connectivity index (χ0v) is 13.0. The number of halogens is 1. The molecule has 3 aromatic rings. The molecule has 0 fully saturated rings. The Morgan fingerprint density at radius 1 is 1.09 bits per heavy atom. The lowest BCUT2D eigenvalue weighted by Gasteiger charge is -2.18. The summed E-state index contributed by atoms with van der Waals surface area (Å²) in [6, 6.07) is 13.0. The number of pyridine rings is 1. The van der Waals surface area contributed by atoms with Crippen LogP contribution in [-0.2, 0) is 6.54 Å². The normalized spacial score (nSPS) is 11.5. The molecule has 2 aromatic heterocycles. The molecule has 3 rings (SSSR count). The predicted octanol–water partition coefficient (Wildman–Crippen LogP) is 3.98. The van der Waals surface area contributed by atoms with Crippen LogP contribution in [0.25, 0.3) is 16.9 Å². The molecule has 2 heterocycles. The third-order valence-corrected chi connectivity index (χ3v) is 4.00. The molecule has 3 nitrogen and oxygen atoms in total. The van der Waals surface area contributed by atoms with Crippen molar-refractivity contribution in [3.05, 3.63) is 60.2 Å². The van der Waals surface area contributed by atoms with Gasteiger partial charge in [0.25, 0.3) is 0 Å². The molecule has 0 N–H and O–H groups in total. The molecular weight excluding hydrogens is 277 g/mol. The molecule has 0 unspecified atom stereocenters. The van der Waals surface area contributed by atoms with Crippen LogP contribution in [0.2, 0.25) is 0 Å². The smallest absolute Gasteiger partial charge is 0.140 e. The van der Waals surface area contributed by atoms with Gasteiger partial charge in [-0.3, -0.25) is 4.90 Å². The molecule has 1 aromatic carbocycles. The minimum atomic E-state index is -0.258. The predicted molar refractivity (Wildman–Crippen MR) is 87.2 cm³/mol. The molecule has 0 amide bonds. The fraction of sp³-hybridized carbons (Fsp3) is 0.278. The van der Waals surface area contributed by atoms with Crippen LogP contribution in [-0.4, -0.2) is 27.4 Å². The molecule has 0 atom stereocenters. The van der Waals surface area contributed by atoms with Crippen molar-refractivity contribution < 1.29 is 4.39 Å². The molecule has 0 aliphatic carbocycles. The number of benzene rings is 1. The number of aromatic nitrogens is 2. The zero-order valence-electron chi connectivity index (χ0n) is 13.0. The summed E-state index contributed by atoms with van der Waals surface area (Å²) in [4.78, 5) is 6.99. The van der Waals surface area contributed by atoms with Gasteiger partial charge in [-0.05, 0) is 19.2 Å². The van der Waals surface area contributed by atoms with Crippen LogP contribution in [0.4, 0.5) is 4.39 Å². The first-order chi connectivity index (χ1) is 10.7. The highest BCUT2D eigenvalue weighted by Gasteiger charge is 2.16. The highest BCUT2D eigenvalue weighted by molar-refractivity contribution is 5.66. The van der Waals surface area contributed by atoms with E-state index in [2.05, 4.69) is 23.7 Å². The molecule has 0 saturated carbocycles. The monoisotopic (exact) mass is 297 g/mol. The summed E-state index contributed by atoms with van der Waals surface area (Å²) in [6.07, 6.45) is 1.77. The first-order valence-electron chi connectivity index (χ1n) is 7.67. The summed E-state index contributed by atoms with van der Waals surface area (Å²) >= 11 is 0. The van der Waals surface area contributed by atoms with E-state index in [0.717, 1.165) is 36.6 Å². The summed E-state index contributed by atoms with van der Waals surface area (Å²) in [7, 11) is 0. The van der Waals surface area contributed by atoms with Gasteiger partial charge >= 0.3 is 0 Å². The summed E-state index contributed by atoms with van der Waals surface area (Å²) in [5.41, 5.74) is 3.75. The Hall–Kier alpha value is -2.20. The summed E-state index contributed by atoms with van der Waals surface area (Å²) in [6.45, 7) is 7.03. The van der Waals surface area contributed by atoms with Gasteiger partial charge in [0.2, 0.25) is 0 Å². The van der Waals surface area contributed by atoms with Gasteiger partial charge in [0.15, 0.2) is 0 Å². The molecule has 0 aliphatic heterocycles. The van der Waals surface area contributed by atoms with E-state index in [1.807, 2.05) is 34.7 Å². The topological polar surface area (TPSA) is 20.5 Å². The number of nitrogens with zero attached hydrogens (tertiary/aromatic N) is 3. The van der Waals surface area contributed by atoms with Crippen LogP contribution in [0.5, 0.6) is 0 Å². The fourth-order valence-electron chi connectivity index (χ4n) is 2.71. The maximum Gasteiger partial charge on any atom is 0.140 e. The quantitative estimate of drug-likeness (QED) is 0.710. The Bertz CT molecular complexity index is 761. The van der Waals surface area contributed by atoms with Crippen molar-refractivity contribution >= 4 is 5.65 Å². The highest BCUT2D eigenvalue weighted by atomic mass is 19.1. The molecule has 0 saturated heterocycles. The lowest BCUT2D eigenvalue weighted by atomic mass is 10.1. The third-order valence-electron chi connectivity index (χ3n) is 4.00. The lowest BCUT2D eigenvalue weighted by Crippen LogP contribution is -2.23. The van der Waals surface area contributed by atoms with E-state index in [4.69, 9.17) is 0 Å². The maximum absolute atomic E-state index is 13.5. The van der Waals surface area contributed by atoms with Gasteiger partial charge in [-0.25, -0.2) is 9.37 Å². The number of fused-ring (bicyclic) bond motifs is 1. The SMILES string of the molecule is CCN(CC)Cc1c(-c2ccccc2)nc2cc(F)ccn12. The second kappa shape index (κ2) is 6.28. The van der Waals surface area contributed by atoms with E-state index < -0.39 is 0 Å². The first kappa shape index (κ1) is 14.7. The number of hydrogen-bond acceptors (Lipinski definition) is 2. The zero-order chi connectivity index (χ0) is 15.5. The molecule has 22 heavy (non-hydrogen) atoms. The molecule has 0 radical (unpaired) electrons. The van der Waals surface area contributed by atoms with Crippen LogP contribution in [0.15, 0.2) is 48.7 Å². The average molecular weight is 297 g/mol. The van der Waals surface area contributed by atoms with Crippen LogP contribution < -0.4 is 0 Å². The van der Waals surface area contributed by atoms with Gasteiger partial charge in [-0.15, -0.1) is 0 Å². The van der Waals surface area contributed by atoms with Crippen molar-refractivity contribution in [3.8, 4) is 11.3 Å². The Kier molecular flexibility index (Phi) is 4.20. The van der Waals surface area contributed by atoms with E-state index in [9.17, 15) is 4.39 Å². The van der Waals surface area contributed by atoms with Crippen molar-refractivity contribution in [1.29, 1.82) is 0 Å². The van der Waals surface area contributed by atoms with Crippen LogP contribution in [0, 0.1) is 5.82 Å². The highest BCUT2D eigenvalue weighted by Crippen LogP contribution is 2.25. The van der Waals surface area contributed by atoms with E-state index in [1.54, 1.807) is 6.20 Å². The van der Waals surface area contributed by atoms with Crippen molar-refractivity contribution in [2.45, 2.75) is 20.4 Å². The number of imidazole rings is 1. The van der Waals surface area contributed by atoms with Gasteiger partial charge in [-0.1, -0.05) is 44.2 Å². The van der Waals surface area contributed by atoms with E-state index in [1.165, 1.54) is 12.1 Å². The van der Waals surface area contributed by atoms with Gasteiger partial charge in [0.1, 0.15) is 11.5 Å². The van der Waals surface area contributed by atoms with Crippen LogP contribution in [0.3, 0.4) is 0 Å². The Balaban J connectivity index is 2.17. The molecule has 0 bridgehead atoms. The molecule has 0 spiro atoms. The molecule has 0 aliphatic rings. The van der Waals surface area contributed by atoms with Gasteiger partial charge in [-0.2, -0.15) is 0 Å². The van der Waals surface area contributed by atoms with Gasteiger partial charge in [0, 0.05) is 24.4 Å². The first-order valence-corrected chi connectivity index (χ1v) is 7.67. The number of rotatable bonds is 5. The van der Waals surface area contributed by atoms with Crippen molar-refractivity contribution in [1.82, 2.24) is 14.3 Å². The van der Waals surface area contributed by atoms with Crippen molar-refractivity contribution in [3.63, 3.8) is 0 Å². The minimum absolute atomic E-state index is 0.258. The maximum atomic E-state index is 13.5. The van der Waals surface area contributed by atoms with Crippen molar-refractivity contribution in [2.75, 3.05) is 13.1 Å². The van der Waals surface area contributed by atoms with E-state index in [-0.39, 0.29) is 5.82 Å². The summed E-state index contributed by atoms with van der Waals surface area (Å²) in [5.74, 6) is -0.258. The second-order valence-corrected chi connectivity index (χ2v) is 5.31. The average Bonchev–Trinajstić information content (AvgIpc) is 2.90. The molecule has 4 heteroatoms. The standard InChI is InChI=1S/C18H20FN3/c1-3-21(4-2)13-16-18(14-8-6-5-7-9-14)20-17-12-15(19)10-11-22(16)17/h5-12H,3-4,13H2,1-2H3. The number of hydrogen-bond donors (Lipinski definition) is 0. The Morgan fingerprint density at radius 3 is 2.50 bits per heavy atom. The van der Waals surface area contributed by atoms with Crippen molar-refractivity contribution in [2.24, 2.45) is 0 Å². The summed E-state index contributed by atoms with van der Waals surface area (Å²) < 4.78 is 15.5. The Labute approximate surface area is 130 Å². The van der Waals surface area contributed by atoms with Gasteiger partial charge in [0.05, 0.1) is 11.4 Å². The Morgan fingerprint density at radius 2 is 1.82 bits per heavy atom. The van der Waals surface area contributed by atoms with Crippen LogP contribution in [0.1, 0.15) is 19.5 Å². The summed E-state index contributed by atoms with van der Waals surface area (Å²) in [5, 5.41) is 0. The van der Waals surface area contributed by atoms with E-state index in [0.29, 0.717) is 5.65 Å². The van der Waals surface area contributed by atoms with Crippen LogP contribution >= 0.6 is 0 Å². The van der Waals surface area contributed by atoms with E-state index >= 15 is 0 Å². The van der Waals surface area contributed by atoms with Gasteiger partial charge < -0.3 is 4.40 Å². The third kappa shape index (κ3) is 2.74. The second-order valence-electron chi connectivity index (χ2n) is 5.31. The molecule has 114 valence electrons. The minimum Gasteiger partial charge on any atom is -0.302 e. The largest absolute Gasteiger partial charge is 0.302 e.